The molecule has 4 aromatic heterocycles. The molecular weight excluding hydrogens is 1100 g/mol. The molecule has 0 aliphatic heterocycles. The fourth-order valence-electron chi connectivity index (χ4n) is 13.0. The van der Waals surface area contributed by atoms with Crippen LogP contribution in [0.2, 0.25) is 0 Å². The van der Waals surface area contributed by atoms with Crippen LogP contribution in [0, 0.1) is 0 Å². The molecule has 0 amide bonds. The largest absolute Gasteiger partial charge is 0.456 e. The lowest BCUT2D eigenvalue weighted by Crippen LogP contribution is -1.95. The molecule has 0 bridgehead atoms. The number of hydrogen-bond donors (Lipinski definition) is 0. The Bertz CT molecular complexity index is 5130. The van der Waals surface area contributed by atoms with Crippen LogP contribution in [0.3, 0.4) is 0 Å². The van der Waals surface area contributed by atoms with Crippen molar-refractivity contribution in [2.24, 2.45) is 0 Å². The van der Waals surface area contributed by atoms with Gasteiger partial charge in [-0.3, -0.25) is 15.0 Å². The third kappa shape index (κ3) is 10.7. The Morgan fingerprint density at radius 2 is 0.495 bits per heavy atom. The first-order valence-corrected chi connectivity index (χ1v) is 30.9. The maximum atomic E-state index is 6.55. The number of benzene rings is 12. The molecule has 12 aromatic carbocycles. The van der Waals surface area contributed by atoms with Gasteiger partial charge >= 0.3 is 0 Å². The number of pyridine rings is 3. The molecule has 16 aromatic rings. The summed E-state index contributed by atoms with van der Waals surface area (Å²) in [5.74, 6) is 0. The molecule has 0 atom stereocenters. The van der Waals surface area contributed by atoms with Crippen molar-refractivity contribution >= 4 is 21.9 Å². The van der Waals surface area contributed by atoms with Gasteiger partial charge in [0.25, 0.3) is 0 Å². The average molecular weight is 1160 g/mol. The van der Waals surface area contributed by atoms with Crippen molar-refractivity contribution in [1.29, 1.82) is 0 Å². The maximum absolute atomic E-state index is 6.55. The summed E-state index contributed by atoms with van der Waals surface area (Å²) in [6, 6.07) is 117. The van der Waals surface area contributed by atoms with Crippen LogP contribution in [0.15, 0.2) is 351 Å². The second-order valence-electron chi connectivity index (χ2n) is 23.0. The van der Waals surface area contributed by atoms with Crippen LogP contribution in [-0.4, -0.2) is 15.0 Å². The van der Waals surface area contributed by atoms with E-state index in [4.69, 9.17) is 19.4 Å². The predicted molar refractivity (Wildman–Crippen MR) is 378 cm³/mol. The minimum absolute atomic E-state index is 0.863. The van der Waals surface area contributed by atoms with Gasteiger partial charge in [0.15, 0.2) is 0 Å². The number of furan rings is 1. The quantitative estimate of drug-likeness (QED) is 0.115. The lowest BCUT2D eigenvalue weighted by molar-refractivity contribution is 0.669. The summed E-state index contributed by atoms with van der Waals surface area (Å²) in [5.41, 5.74) is 29.4. The Kier molecular flexibility index (Phi) is 14.2. The number of rotatable bonds is 13. The molecule has 16 rings (SSSR count). The first-order valence-electron chi connectivity index (χ1n) is 30.9. The summed E-state index contributed by atoms with van der Waals surface area (Å²) in [6.45, 7) is 0. The first kappa shape index (κ1) is 54.3. The molecule has 4 heteroatoms. The SMILES string of the molecule is c1ccc(-c2ccc3c(c2)oc2cc(-c4cccc(-c5ccc(-c6ccccc6-c6cc(-c7ccccc7-c7cnc(-c8ccccc8)cc7-c7ccccc7)cc(-c7ccccc7-c7cnc(-c8ccccc8)cc7-c7ccccc7)c6)cn5)c4)ccc23)cc1. The zero-order valence-electron chi connectivity index (χ0n) is 49.7. The van der Waals surface area contributed by atoms with Gasteiger partial charge in [0.2, 0.25) is 0 Å². The summed E-state index contributed by atoms with van der Waals surface area (Å²) in [7, 11) is 0. The molecule has 0 spiro atoms. The fraction of sp³-hybridized carbons (Fsp3) is 0. The van der Waals surface area contributed by atoms with E-state index in [1.807, 2.05) is 24.4 Å². The topological polar surface area (TPSA) is 51.8 Å². The molecule has 0 fully saturated rings. The number of nitrogens with zero attached hydrogens (tertiary/aromatic N) is 3. The van der Waals surface area contributed by atoms with Gasteiger partial charge in [-0.25, -0.2) is 0 Å². The minimum Gasteiger partial charge on any atom is -0.456 e. The van der Waals surface area contributed by atoms with E-state index in [0.29, 0.717) is 0 Å². The lowest BCUT2D eigenvalue weighted by Gasteiger charge is -2.20. The standard InChI is InChI=1S/C87H57N3O/c1-6-23-58(24-7-1)64-41-44-77-78-45-42-65(52-87(78)91-86(77)51-64)63-33-22-34-66(47-63)83-46-43-67(55-88-83)71-35-16-17-36-72(71)68-48-69(73-37-18-20-39-75(73)81-56-89-84(61-29-12-4-13-30-61)53-79(81)59-25-8-2-9-26-59)50-70(49-68)74-38-19-21-40-76(74)82-57-90-85(62-31-14-5-15-32-62)54-80(82)60-27-10-3-11-28-60/h1-57H. The summed E-state index contributed by atoms with van der Waals surface area (Å²) in [4.78, 5) is 15.6. The molecule has 0 saturated heterocycles. The number of hydrogen-bond acceptors (Lipinski definition) is 4. The Balaban J connectivity index is 0.813. The molecule has 426 valence electrons. The second kappa shape index (κ2) is 23.9. The zero-order valence-corrected chi connectivity index (χ0v) is 49.7. The molecular formula is C87H57N3O. The fourth-order valence-corrected chi connectivity index (χ4v) is 13.0. The molecule has 91 heavy (non-hydrogen) atoms. The molecule has 4 nitrogen and oxygen atoms in total. The Hall–Kier alpha value is -12.1. The van der Waals surface area contributed by atoms with Crippen LogP contribution in [0.4, 0.5) is 0 Å². The van der Waals surface area contributed by atoms with Crippen LogP contribution in [0.5, 0.6) is 0 Å². The van der Waals surface area contributed by atoms with Crippen LogP contribution >= 0.6 is 0 Å². The van der Waals surface area contributed by atoms with Crippen molar-refractivity contribution in [3.05, 3.63) is 346 Å². The van der Waals surface area contributed by atoms with Crippen molar-refractivity contribution < 1.29 is 4.42 Å². The summed E-state index contributed by atoms with van der Waals surface area (Å²) in [5, 5.41) is 2.21. The van der Waals surface area contributed by atoms with Gasteiger partial charge in [-0.15, -0.1) is 0 Å². The summed E-state index contributed by atoms with van der Waals surface area (Å²) < 4.78 is 6.55. The van der Waals surface area contributed by atoms with Crippen molar-refractivity contribution in [2.75, 3.05) is 0 Å². The Morgan fingerprint density at radius 1 is 0.165 bits per heavy atom. The first-order chi connectivity index (χ1) is 45.1. The highest BCUT2D eigenvalue weighted by molar-refractivity contribution is 6.07. The van der Waals surface area contributed by atoms with Gasteiger partial charge in [0.1, 0.15) is 11.2 Å². The maximum Gasteiger partial charge on any atom is 0.136 e. The Morgan fingerprint density at radius 3 is 0.945 bits per heavy atom. The van der Waals surface area contributed by atoms with E-state index in [2.05, 4.69) is 322 Å². The highest BCUT2D eigenvalue weighted by atomic mass is 16.3. The molecule has 0 N–H and O–H groups in total. The molecule has 0 saturated carbocycles. The zero-order chi connectivity index (χ0) is 60.5. The molecule has 0 aliphatic rings. The number of aromatic nitrogens is 3. The van der Waals surface area contributed by atoms with E-state index in [0.717, 1.165) is 161 Å². The van der Waals surface area contributed by atoms with Gasteiger partial charge in [-0.2, -0.15) is 0 Å². The van der Waals surface area contributed by atoms with Crippen LogP contribution in [0.25, 0.3) is 167 Å². The van der Waals surface area contributed by atoms with Crippen molar-refractivity contribution in [3.63, 3.8) is 0 Å². The van der Waals surface area contributed by atoms with Crippen molar-refractivity contribution in [3.8, 4) is 145 Å². The van der Waals surface area contributed by atoms with Crippen molar-refractivity contribution in [1.82, 2.24) is 15.0 Å². The van der Waals surface area contributed by atoms with E-state index in [1.165, 1.54) is 5.56 Å². The highest BCUT2D eigenvalue weighted by Crippen LogP contribution is 2.46. The van der Waals surface area contributed by atoms with Crippen LogP contribution in [0.1, 0.15) is 0 Å². The van der Waals surface area contributed by atoms with Gasteiger partial charge in [-0.05, 0) is 161 Å². The Labute approximate surface area is 529 Å². The monoisotopic (exact) mass is 1160 g/mol. The van der Waals surface area contributed by atoms with Crippen LogP contribution in [-0.2, 0) is 0 Å². The lowest BCUT2D eigenvalue weighted by atomic mass is 9.85. The van der Waals surface area contributed by atoms with Gasteiger partial charge < -0.3 is 4.42 Å². The molecule has 4 heterocycles. The van der Waals surface area contributed by atoms with Gasteiger partial charge in [0, 0.05) is 62.7 Å². The third-order valence-corrected chi connectivity index (χ3v) is 17.5. The smallest absolute Gasteiger partial charge is 0.136 e. The predicted octanol–water partition coefficient (Wildman–Crippen LogP) is 23.4. The van der Waals surface area contributed by atoms with Crippen LogP contribution < -0.4 is 0 Å². The minimum atomic E-state index is 0.863. The van der Waals surface area contributed by atoms with E-state index < -0.39 is 0 Å². The molecule has 0 unspecified atom stereocenters. The second-order valence-corrected chi connectivity index (χ2v) is 23.0. The number of fused-ring (bicyclic) bond motifs is 3. The van der Waals surface area contributed by atoms with Crippen molar-refractivity contribution in [2.45, 2.75) is 0 Å². The average Bonchev–Trinajstić information content (AvgIpc) is 1.71. The normalized spacial score (nSPS) is 11.3. The van der Waals surface area contributed by atoms with Gasteiger partial charge in [-0.1, -0.05) is 261 Å². The van der Waals surface area contributed by atoms with E-state index in [9.17, 15) is 0 Å². The summed E-state index contributed by atoms with van der Waals surface area (Å²) >= 11 is 0. The van der Waals surface area contributed by atoms with E-state index in [-0.39, 0.29) is 0 Å². The summed E-state index contributed by atoms with van der Waals surface area (Å²) in [6.07, 6.45) is 6.14. The van der Waals surface area contributed by atoms with E-state index >= 15 is 0 Å². The highest BCUT2D eigenvalue weighted by Gasteiger charge is 2.21. The van der Waals surface area contributed by atoms with Gasteiger partial charge in [0.05, 0.1) is 17.1 Å². The van der Waals surface area contributed by atoms with E-state index in [1.54, 1.807) is 0 Å². The molecule has 0 aliphatic carbocycles. The molecule has 0 radical (unpaired) electrons. The third-order valence-electron chi connectivity index (χ3n) is 17.5.